The van der Waals surface area contributed by atoms with Gasteiger partial charge in [0.15, 0.2) is 6.10 Å². The zero-order valence-corrected chi connectivity index (χ0v) is 48.9. The van der Waals surface area contributed by atoms with Gasteiger partial charge in [-0.15, -0.1) is 0 Å². The lowest BCUT2D eigenvalue weighted by molar-refractivity contribution is -0.161. The van der Waals surface area contributed by atoms with Crippen LogP contribution in [-0.2, 0) is 42.2 Å². The molecular formula is C66H101O11P. The summed E-state index contributed by atoms with van der Waals surface area (Å²) in [4.78, 5) is 48.5. The molecule has 3 atom stereocenters. The van der Waals surface area contributed by atoms with Crippen LogP contribution < -0.4 is 0 Å². The number of phosphoric ester groups is 1. The number of carbonyl (C=O) groups is 3. The first-order chi connectivity index (χ1) is 38.2. The van der Waals surface area contributed by atoms with Crippen molar-refractivity contribution >= 4 is 25.7 Å². The summed E-state index contributed by atoms with van der Waals surface area (Å²) in [5, 5.41) is 9.81. The quantitative estimate of drug-likeness (QED) is 0.0197. The number of rotatable bonds is 51. The molecule has 12 heteroatoms. The molecule has 0 bridgehead atoms. The van der Waals surface area contributed by atoms with Crippen molar-refractivity contribution in [1.82, 2.24) is 0 Å². The Kier molecular flexibility index (Phi) is 54.2. The van der Waals surface area contributed by atoms with Gasteiger partial charge in [-0.1, -0.05) is 217 Å². The minimum absolute atomic E-state index is 0.0151. The van der Waals surface area contributed by atoms with Crippen molar-refractivity contribution in [2.75, 3.05) is 26.4 Å². The van der Waals surface area contributed by atoms with E-state index in [0.29, 0.717) is 25.7 Å². The van der Waals surface area contributed by atoms with Gasteiger partial charge in [0.1, 0.15) is 12.7 Å². The molecule has 78 heavy (non-hydrogen) atoms. The molecule has 0 rings (SSSR count). The molecule has 0 amide bonds. The van der Waals surface area contributed by atoms with E-state index in [1.54, 1.807) is 0 Å². The Hall–Kier alpha value is -5.16. The first-order valence-electron chi connectivity index (χ1n) is 29.0. The number of hydrogen-bond acceptors (Lipinski definition) is 10. The number of esters is 3. The predicted octanol–water partition coefficient (Wildman–Crippen LogP) is 17.5. The Labute approximate surface area is 472 Å². The van der Waals surface area contributed by atoms with Crippen LogP contribution in [0.25, 0.3) is 0 Å². The summed E-state index contributed by atoms with van der Waals surface area (Å²) in [5.74, 6) is -1.71. The van der Waals surface area contributed by atoms with Crippen molar-refractivity contribution in [2.24, 2.45) is 0 Å². The molecule has 3 unspecified atom stereocenters. The maximum absolute atomic E-state index is 12.9. The summed E-state index contributed by atoms with van der Waals surface area (Å²) in [5.41, 5.74) is 0. The smallest absolute Gasteiger partial charge is 0.462 e. The van der Waals surface area contributed by atoms with E-state index in [-0.39, 0.29) is 19.3 Å². The molecule has 0 aliphatic rings. The summed E-state index contributed by atoms with van der Waals surface area (Å²) in [6.07, 6.45) is 77.7. The molecule has 0 aromatic rings. The fourth-order valence-corrected chi connectivity index (χ4v) is 7.58. The van der Waals surface area contributed by atoms with Crippen molar-refractivity contribution in [3.05, 3.63) is 170 Å². The maximum Gasteiger partial charge on any atom is 0.472 e. The third-order valence-corrected chi connectivity index (χ3v) is 12.1. The SMILES string of the molecule is CC/C=C\C/C=C\C/C=C\C/C=C\C/C=C\C/C=C\CCC(=O)OCC(COP(=O)(O)OCC(CO)OC(=O)CCCCCCC/C=C\C/C=C\CCC)OC(=O)CC/C=C\C/C=C\C/C=C\C/C=C\C/C=C\C/C=C\CC. The Morgan fingerprint density at radius 3 is 1.10 bits per heavy atom. The second kappa shape index (κ2) is 58.0. The summed E-state index contributed by atoms with van der Waals surface area (Å²) in [7, 11) is -4.80. The van der Waals surface area contributed by atoms with Crippen molar-refractivity contribution in [3.63, 3.8) is 0 Å². The molecule has 0 heterocycles. The lowest BCUT2D eigenvalue weighted by atomic mass is 10.1. The van der Waals surface area contributed by atoms with Crippen LogP contribution in [0.15, 0.2) is 170 Å². The van der Waals surface area contributed by atoms with E-state index in [1.807, 2.05) is 24.3 Å². The van der Waals surface area contributed by atoms with Crippen LogP contribution >= 0.6 is 7.82 Å². The van der Waals surface area contributed by atoms with Crippen LogP contribution in [0.3, 0.4) is 0 Å². The van der Waals surface area contributed by atoms with Crippen LogP contribution in [0, 0.1) is 0 Å². The summed E-state index contributed by atoms with van der Waals surface area (Å²) in [6, 6.07) is 0. The lowest BCUT2D eigenvalue weighted by Crippen LogP contribution is -2.30. The van der Waals surface area contributed by atoms with Crippen LogP contribution in [0.5, 0.6) is 0 Å². The summed E-state index contributed by atoms with van der Waals surface area (Å²) < 4.78 is 39.3. The number of hydrogen-bond donors (Lipinski definition) is 2. The average molecular weight is 1100 g/mol. The van der Waals surface area contributed by atoms with E-state index < -0.39 is 64.4 Å². The van der Waals surface area contributed by atoms with Crippen LogP contribution in [0.2, 0.25) is 0 Å². The molecule has 0 saturated heterocycles. The third kappa shape index (κ3) is 55.6. The van der Waals surface area contributed by atoms with E-state index in [4.69, 9.17) is 23.3 Å². The highest BCUT2D eigenvalue weighted by Gasteiger charge is 2.28. The Morgan fingerprint density at radius 1 is 0.372 bits per heavy atom. The third-order valence-electron chi connectivity index (χ3n) is 11.1. The normalized spacial score (nSPS) is 14.6. The minimum Gasteiger partial charge on any atom is -0.462 e. The van der Waals surface area contributed by atoms with Gasteiger partial charge >= 0.3 is 25.7 Å². The van der Waals surface area contributed by atoms with Crippen LogP contribution in [0.4, 0.5) is 0 Å². The predicted molar refractivity (Wildman–Crippen MR) is 325 cm³/mol. The standard InChI is InChI=1S/C66H101O11P/c1-4-7-10-13-16-19-22-25-27-29-31-33-35-38-40-43-46-49-52-55-64(68)73-59-63(77-66(70)57-54-51-48-45-42-39-36-34-32-30-28-26-23-20-17-14-11-8-5-2)61-75-78(71,72)74-60-62(58-67)76-65(69)56-53-50-47-44-41-37-24-21-18-15-12-9-6-3/h7-8,10-12,15-17,19-21,24-28,31-34,38-40,42,46,48-49,51,62-63,67H,4-6,9,13-14,18,22-23,29-30,35-37,41,43-45,47,50,52-61H2,1-3H3,(H,71,72)/b10-7-,11-8-,15-12-,19-16-,20-17-,24-21-,27-25-,28-26-,33-31-,34-32-,40-38-,42-39-,49-46-,51-48-. The van der Waals surface area contributed by atoms with Crippen molar-refractivity contribution < 1.29 is 52.2 Å². The number of ether oxygens (including phenoxy) is 3. The van der Waals surface area contributed by atoms with Crippen molar-refractivity contribution in [2.45, 2.75) is 200 Å². The molecule has 11 nitrogen and oxygen atoms in total. The molecular weight excluding hydrogens is 1000 g/mol. The number of phosphoric acid groups is 1. The van der Waals surface area contributed by atoms with Gasteiger partial charge in [0.05, 0.1) is 19.8 Å². The molecule has 0 saturated carbocycles. The van der Waals surface area contributed by atoms with Gasteiger partial charge in [0, 0.05) is 19.3 Å². The fourth-order valence-electron chi connectivity index (χ4n) is 6.80. The largest absolute Gasteiger partial charge is 0.472 e. The summed E-state index contributed by atoms with van der Waals surface area (Å²) in [6.45, 7) is 4.13. The first kappa shape index (κ1) is 72.8. The molecule has 0 aliphatic carbocycles. The zero-order valence-electron chi connectivity index (χ0n) is 48.0. The number of unbranched alkanes of at least 4 members (excludes halogenated alkanes) is 6. The van der Waals surface area contributed by atoms with Crippen LogP contribution in [0.1, 0.15) is 188 Å². The number of aliphatic hydroxyl groups is 1. The van der Waals surface area contributed by atoms with Crippen molar-refractivity contribution in [1.29, 1.82) is 0 Å². The van der Waals surface area contributed by atoms with Gasteiger partial charge in [0.25, 0.3) is 0 Å². The molecule has 0 aromatic heterocycles. The van der Waals surface area contributed by atoms with E-state index in [1.165, 1.54) is 0 Å². The molecule has 0 aliphatic heterocycles. The molecule has 0 radical (unpaired) electrons. The molecule has 0 fully saturated rings. The Bertz CT molecular complexity index is 1960. The van der Waals surface area contributed by atoms with Gasteiger partial charge in [0.2, 0.25) is 0 Å². The number of allylic oxidation sites excluding steroid dienone is 28. The topological polar surface area (TPSA) is 155 Å². The first-order valence-corrected chi connectivity index (χ1v) is 30.5. The zero-order chi connectivity index (χ0) is 56.9. The summed E-state index contributed by atoms with van der Waals surface area (Å²) >= 11 is 0. The Balaban J connectivity index is 4.99. The van der Waals surface area contributed by atoms with Crippen LogP contribution in [-0.4, -0.2) is 66.5 Å². The second-order valence-corrected chi connectivity index (χ2v) is 19.8. The monoisotopic (exact) mass is 1100 g/mol. The molecule has 0 aromatic carbocycles. The lowest BCUT2D eigenvalue weighted by Gasteiger charge is -2.21. The van der Waals surface area contributed by atoms with E-state index >= 15 is 0 Å². The number of carbonyl (C=O) groups excluding carboxylic acids is 3. The molecule has 0 spiro atoms. The highest BCUT2D eigenvalue weighted by molar-refractivity contribution is 7.47. The van der Waals surface area contributed by atoms with E-state index in [2.05, 4.69) is 167 Å². The second-order valence-electron chi connectivity index (χ2n) is 18.3. The minimum atomic E-state index is -4.80. The Morgan fingerprint density at radius 2 is 0.692 bits per heavy atom. The average Bonchev–Trinajstić information content (AvgIpc) is 3.43. The van der Waals surface area contributed by atoms with E-state index in [9.17, 15) is 28.9 Å². The van der Waals surface area contributed by atoms with Gasteiger partial charge in [-0.25, -0.2) is 4.57 Å². The number of aliphatic hydroxyl groups excluding tert-OH is 1. The van der Waals surface area contributed by atoms with Gasteiger partial charge in [-0.05, 0) is 122 Å². The van der Waals surface area contributed by atoms with Crippen molar-refractivity contribution in [3.8, 4) is 0 Å². The highest BCUT2D eigenvalue weighted by atomic mass is 31.2. The van der Waals surface area contributed by atoms with Gasteiger partial charge in [-0.3, -0.25) is 23.4 Å². The van der Waals surface area contributed by atoms with Gasteiger partial charge < -0.3 is 24.2 Å². The molecule has 436 valence electrons. The van der Waals surface area contributed by atoms with Gasteiger partial charge in [-0.2, -0.15) is 0 Å². The highest BCUT2D eigenvalue weighted by Crippen LogP contribution is 2.43. The fraction of sp³-hybridized carbons (Fsp3) is 0.530. The van der Waals surface area contributed by atoms with E-state index in [0.717, 1.165) is 122 Å². The maximum atomic E-state index is 12.9. The molecule has 2 N–H and O–H groups in total.